The van der Waals surface area contributed by atoms with Crippen molar-refractivity contribution in [2.45, 2.75) is 25.5 Å². The van der Waals surface area contributed by atoms with E-state index >= 15 is 0 Å². The number of ether oxygens (including phenoxy) is 1. The number of nitrogens with two attached hydrogens (primary N) is 1. The molecule has 1 aromatic carbocycles. The van der Waals surface area contributed by atoms with Gasteiger partial charge in [-0.25, -0.2) is 0 Å². The summed E-state index contributed by atoms with van der Waals surface area (Å²) in [5.41, 5.74) is 7.34. The van der Waals surface area contributed by atoms with E-state index in [9.17, 15) is 5.11 Å². The number of hydrogen-bond donors (Lipinski definition) is 3. The number of nitrogens with zero attached hydrogens (tertiary/aromatic N) is 1. The second-order valence-electron chi connectivity index (χ2n) is 6.21. The summed E-state index contributed by atoms with van der Waals surface area (Å²) in [6.45, 7) is 2.90. The van der Waals surface area contributed by atoms with Crippen LogP contribution in [0.2, 0.25) is 0 Å². The third-order valence-electron chi connectivity index (χ3n) is 4.86. The van der Waals surface area contributed by atoms with Gasteiger partial charge >= 0.3 is 0 Å². The van der Waals surface area contributed by atoms with Crippen molar-refractivity contribution < 1.29 is 9.84 Å². The molecule has 4 N–H and O–H groups in total. The van der Waals surface area contributed by atoms with Crippen molar-refractivity contribution in [2.75, 3.05) is 20.2 Å². The first-order valence-corrected chi connectivity index (χ1v) is 7.50. The summed E-state index contributed by atoms with van der Waals surface area (Å²) >= 11 is 0. The van der Waals surface area contributed by atoms with Crippen LogP contribution in [0.5, 0.6) is 5.75 Å². The second-order valence-corrected chi connectivity index (χ2v) is 6.21. The summed E-state index contributed by atoms with van der Waals surface area (Å²) in [5, 5.41) is 17.5. The Morgan fingerprint density at radius 3 is 2.90 bits per heavy atom. The molecule has 114 valence electrons. The van der Waals surface area contributed by atoms with Crippen molar-refractivity contribution in [3.63, 3.8) is 0 Å². The van der Waals surface area contributed by atoms with E-state index in [-0.39, 0.29) is 11.9 Å². The van der Waals surface area contributed by atoms with E-state index in [0.29, 0.717) is 23.1 Å². The Morgan fingerprint density at radius 2 is 2.24 bits per heavy atom. The Morgan fingerprint density at radius 1 is 1.43 bits per heavy atom. The highest BCUT2D eigenvalue weighted by molar-refractivity contribution is 5.97. The number of fused-ring (bicyclic) bond motifs is 1. The summed E-state index contributed by atoms with van der Waals surface area (Å²) in [6.07, 6.45) is 1.99. The van der Waals surface area contributed by atoms with Crippen molar-refractivity contribution in [3.05, 3.63) is 29.3 Å². The quantitative estimate of drug-likeness (QED) is 0.574. The van der Waals surface area contributed by atoms with Gasteiger partial charge in [-0.3, -0.25) is 10.3 Å². The molecule has 2 aliphatic rings. The Kier molecular flexibility index (Phi) is 3.87. The number of aliphatic hydroxyl groups excluding tert-OH is 1. The Hall–Kier alpha value is -1.59. The molecule has 0 amide bonds. The molecule has 0 bridgehead atoms. The predicted molar refractivity (Wildman–Crippen MR) is 81.5 cm³/mol. The lowest BCUT2D eigenvalue weighted by molar-refractivity contribution is 0.123. The summed E-state index contributed by atoms with van der Waals surface area (Å²) in [4.78, 5) is 2.40. The number of amidine groups is 1. The van der Waals surface area contributed by atoms with Gasteiger partial charge in [-0.2, -0.15) is 0 Å². The molecule has 1 aliphatic carbocycles. The van der Waals surface area contributed by atoms with Gasteiger partial charge in [-0.05, 0) is 36.5 Å². The average molecular weight is 289 g/mol. The van der Waals surface area contributed by atoms with Crippen LogP contribution in [0.3, 0.4) is 0 Å². The van der Waals surface area contributed by atoms with E-state index in [2.05, 4.69) is 4.90 Å². The van der Waals surface area contributed by atoms with Gasteiger partial charge in [0.05, 0.1) is 18.8 Å². The third-order valence-corrected chi connectivity index (χ3v) is 4.86. The van der Waals surface area contributed by atoms with Crippen LogP contribution < -0.4 is 10.5 Å². The van der Waals surface area contributed by atoms with Crippen LogP contribution in [0.15, 0.2) is 18.2 Å². The first kappa shape index (κ1) is 14.4. The van der Waals surface area contributed by atoms with E-state index in [4.69, 9.17) is 15.9 Å². The fourth-order valence-electron chi connectivity index (χ4n) is 3.77. The fraction of sp³-hybridized carbons (Fsp3) is 0.562. The summed E-state index contributed by atoms with van der Waals surface area (Å²) in [7, 11) is 1.60. The third kappa shape index (κ3) is 2.76. The maximum atomic E-state index is 9.98. The molecule has 1 aromatic rings. The minimum Gasteiger partial charge on any atom is -0.496 e. The zero-order valence-corrected chi connectivity index (χ0v) is 12.4. The van der Waals surface area contributed by atoms with Crippen LogP contribution in [0.4, 0.5) is 0 Å². The lowest BCUT2D eigenvalue weighted by atomic mass is 10.00. The zero-order chi connectivity index (χ0) is 15.0. The van der Waals surface area contributed by atoms with Gasteiger partial charge in [0.1, 0.15) is 11.6 Å². The van der Waals surface area contributed by atoms with Gasteiger partial charge in [0.2, 0.25) is 0 Å². The molecule has 2 fully saturated rings. The number of nitrogen functional groups attached to an aromatic ring is 1. The molecule has 1 saturated heterocycles. The molecule has 21 heavy (non-hydrogen) atoms. The molecule has 1 saturated carbocycles. The minimum absolute atomic E-state index is 0.0252. The van der Waals surface area contributed by atoms with Crippen LogP contribution in [0.1, 0.15) is 24.0 Å². The lowest BCUT2D eigenvalue weighted by Gasteiger charge is -2.19. The normalized spacial score (nSPS) is 28.6. The smallest absolute Gasteiger partial charge is 0.130 e. The molecule has 3 unspecified atom stereocenters. The summed E-state index contributed by atoms with van der Waals surface area (Å²) < 4.78 is 5.32. The maximum Gasteiger partial charge on any atom is 0.130 e. The molecular weight excluding hydrogens is 266 g/mol. The number of nitrogens with one attached hydrogen (secondary N) is 1. The molecule has 3 atom stereocenters. The lowest BCUT2D eigenvalue weighted by Crippen LogP contribution is -2.24. The first-order valence-electron chi connectivity index (χ1n) is 7.50. The van der Waals surface area contributed by atoms with Crippen LogP contribution in [-0.2, 0) is 6.54 Å². The van der Waals surface area contributed by atoms with Crippen molar-refractivity contribution >= 4 is 5.84 Å². The van der Waals surface area contributed by atoms with Crippen LogP contribution in [-0.4, -0.2) is 42.1 Å². The van der Waals surface area contributed by atoms with Crippen molar-refractivity contribution in [1.29, 1.82) is 5.41 Å². The second kappa shape index (κ2) is 5.66. The maximum absolute atomic E-state index is 9.98. The largest absolute Gasteiger partial charge is 0.496 e. The number of benzene rings is 1. The fourth-order valence-corrected chi connectivity index (χ4v) is 3.77. The number of likely N-dealkylation sites (tertiary alicyclic amines) is 1. The summed E-state index contributed by atoms with van der Waals surface area (Å²) in [6, 6.07) is 5.81. The van der Waals surface area contributed by atoms with Gasteiger partial charge in [-0.1, -0.05) is 6.07 Å². The first-order chi connectivity index (χ1) is 10.1. The van der Waals surface area contributed by atoms with Gasteiger partial charge in [0.25, 0.3) is 0 Å². The SMILES string of the molecule is COc1cc(CN2CC3CCC(O)C3C2)ccc1C(=N)N. The number of aliphatic hydroxyl groups is 1. The Labute approximate surface area is 125 Å². The molecule has 5 heteroatoms. The van der Waals surface area contributed by atoms with Crippen LogP contribution >= 0.6 is 0 Å². The van der Waals surface area contributed by atoms with E-state index in [1.165, 1.54) is 0 Å². The summed E-state index contributed by atoms with van der Waals surface area (Å²) in [5.74, 6) is 1.78. The highest BCUT2D eigenvalue weighted by Crippen LogP contribution is 2.38. The highest BCUT2D eigenvalue weighted by atomic mass is 16.5. The van der Waals surface area contributed by atoms with Crippen LogP contribution in [0.25, 0.3) is 0 Å². The van der Waals surface area contributed by atoms with E-state index in [1.807, 2.05) is 18.2 Å². The monoisotopic (exact) mass is 289 g/mol. The molecule has 0 spiro atoms. The molecule has 0 aromatic heterocycles. The topological polar surface area (TPSA) is 82.6 Å². The molecular formula is C16H23N3O2. The minimum atomic E-state index is -0.116. The Balaban J connectivity index is 1.70. The van der Waals surface area contributed by atoms with Gasteiger partial charge < -0.3 is 15.6 Å². The van der Waals surface area contributed by atoms with Gasteiger partial charge in [0, 0.05) is 25.6 Å². The molecule has 5 nitrogen and oxygen atoms in total. The average Bonchev–Trinajstić information content (AvgIpc) is 3.00. The van der Waals surface area contributed by atoms with Gasteiger partial charge in [0.15, 0.2) is 0 Å². The van der Waals surface area contributed by atoms with Crippen molar-refractivity contribution in [2.24, 2.45) is 17.6 Å². The van der Waals surface area contributed by atoms with Crippen molar-refractivity contribution in [3.8, 4) is 5.75 Å². The molecule has 1 aliphatic heterocycles. The van der Waals surface area contributed by atoms with E-state index < -0.39 is 0 Å². The van der Waals surface area contributed by atoms with Crippen LogP contribution in [0, 0.1) is 17.2 Å². The standard InChI is InChI=1S/C16H23N3O2/c1-21-15-6-10(2-4-12(15)16(17)18)7-19-8-11-3-5-14(20)13(11)9-19/h2,4,6,11,13-14,20H,3,5,7-9H2,1H3,(H3,17,18). The number of methoxy groups -OCH3 is 1. The molecule has 1 heterocycles. The molecule has 3 rings (SSSR count). The van der Waals surface area contributed by atoms with Crippen molar-refractivity contribution in [1.82, 2.24) is 4.90 Å². The van der Waals surface area contributed by atoms with Gasteiger partial charge in [-0.15, -0.1) is 0 Å². The number of hydrogen-bond acceptors (Lipinski definition) is 4. The predicted octanol–water partition coefficient (Wildman–Crippen LogP) is 1.18. The van der Waals surface area contributed by atoms with E-state index in [0.717, 1.165) is 38.0 Å². The number of rotatable bonds is 4. The van der Waals surface area contributed by atoms with E-state index in [1.54, 1.807) is 7.11 Å². The zero-order valence-electron chi connectivity index (χ0n) is 12.4. The highest BCUT2D eigenvalue weighted by Gasteiger charge is 2.41. The molecule has 0 radical (unpaired) electrons. The Bertz CT molecular complexity index is 546.